The Balaban J connectivity index is 2.13. The number of nitrogens with one attached hydrogen (secondary N) is 2. The molecule has 0 spiro atoms. The Morgan fingerprint density at radius 3 is 2.19 bits per heavy atom. The minimum Gasteiger partial charge on any atom is -0.484 e. The van der Waals surface area contributed by atoms with E-state index >= 15 is 0 Å². The topological polar surface area (TPSA) is 128 Å². The molecular weight excluding hydrogens is 278 g/mol. The summed E-state index contributed by atoms with van der Waals surface area (Å²) in [6.45, 7) is -0.243. The molecule has 0 saturated carbocycles. The number of urea groups is 1. The van der Waals surface area contributed by atoms with Gasteiger partial charge in [-0.25, -0.2) is 4.79 Å². The normalized spacial score (nSPS) is 14.3. The van der Waals surface area contributed by atoms with Gasteiger partial charge < -0.3 is 10.5 Å². The molecule has 1 aromatic rings. The maximum atomic E-state index is 11.5. The van der Waals surface area contributed by atoms with Crippen LogP contribution in [0.4, 0.5) is 4.79 Å². The zero-order valence-corrected chi connectivity index (χ0v) is 10.7. The van der Waals surface area contributed by atoms with Crippen molar-refractivity contribution in [2.24, 2.45) is 5.73 Å². The van der Waals surface area contributed by atoms with E-state index in [1.807, 2.05) is 10.6 Å². The van der Waals surface area contributed by atoms with Crippen LogP contribution in [0.3, 0.4) is 0 Å². The number of rotatable bonds is 4. The fourth-order valence-corrected chi connectivity index (χ4v) is 1.59. The maximum absolute atomic E-state index is 11.5. The van der Waals surface area contributed by atoms with E-state index in [-0.39, 0.29) is 12.2 Å². The van der Waals surface area contributed by atoms with Crippen molar-refractivity contribution in [1.82, 2.24) is 10.6 Å². The summed E-state index contributed by atoms with van der Waals surface area (Å²) in [5.74, 6) is -1.71. The van der Waals surface area contributed by atoms with Crippen molar-refractivity contribution in [2.45, 2.75) is 0 Å². The van der Waals surface area contributed by atoms with Gasteiger partial charge in [-0.05, 0) is 23.8 Å². The molecule has 5 amide bonds. The van der Waals surface area contributed by atoms with Crippen molar-refractivity contribution >= 4 is 29.8 Å². The van der Waals surface area contributed by atoms with Gasteiger partial charge in [0.1, 0.15) is 11.3 Å². The Hall–Kier alpha value is -3.16. The van der Waals surface area contributed by atoms with E-state index in [4.69, 9.17) is 10.5 Å². The van der Waals surface area contributed by atoms with Gasteiger partial charge in [-0.15, -0.1) is 0 Å². The molecule has 1 aromatic carbocycles. The fourth-order valence-electron chi connectivity index (χ4n) is 1.59. The zero-order valence-electron chi connectivity index (χ0n) is 10.7. The summed E-state index contributed by atoms with van der Waals surface area (Å²) < 4.78 is 5.07. The van der Waals surface area contributed by atoms with Gasteiger partial charge in [0, 0.05) is 0 Å². The van der Waals surface area contributed by atoms with E-state index < -0.39 is 23.8 Å². The molecule has 1 fully saturated rings. The number of imide groups is 2. The van der Waals surface area contributed by atoms with Crippen LogP contribution in [0.15, 0.2) is 29.8 Å². The monoisotopic (exact) mass is 289 g/mol. The van der Waals surface area contributed by atoms with E-state index in [0.717, 1.165) is 0 Å². The van der Waals surface area contributed by atoms with Crippen molar-refractivity contribution in [2.75, 3.05) is 6.61 Å². The van der Waals surface area contributed by atoms with E-state index in [1.165, 1.54) is 6.08 Å². The quantitative estimate of drug-likeness (QED) is 0.499. The van der Waals surface area contributed by atoms with Crippen LogP contribution in [0.2, 0.25) is 0 Å². The molecule has 0 unspecified atom stereocenters. The smallest absolute Gasteiger partial charge is 0.328 e. The number of carbonyl (C=O) groups is 4. The lowest BCUT2D eigenvalue weighted by atomic mass is 10.1. The molecule has 0 bridgehead atoms. The van der Waals surface area contributed by atoms with Crippen LogP contribution in [0.25, 0.3) is 6.08 Å². The van der Waals surface area contributed by atoms with Crippen molar-refractivity contribution in [3.8, 4) is 5.75 Å². The highest BCUT2D eigenvalue weighted by atomic mass is 16.5. The molecule has 4 N–H and O–H groups in total. The van der Waals surface area contributed by atoms with E-state index in [0.29, 0.717) is 11.3 Å². The predicted molar refractivity (Wildman–Crippen MR) is 70.8 cm³/mol. The average Bonchev–Trinajstić information content (AvgIpc) is 2.41. The molecule has 8 nitrogen and oxygen atoms in total. The number of ether oxygens (including phenoxy) is 1. The predicted octanol–water partition coefficient (Wildman–Crippen LogP) is -0.700. The van der Waals surface area contributed by atoms with E-state index in [9.17, 15) is 19.2 Å². The Morgan fingerprint density at radius 2 is 1.67 bits per heavy atom. The van der Waals surface area contributed by atoms with Gasteiger partial charge in [0.15, 0.2) is 6.61 Å². The molecule has 1 aliphatic rings. The number of carbonyl (C=O) groups excluding carboxylic acids is 4. The second-order valence-electron chi connectivity index (χ2n) is 4.12. The van der Waals surface area contributed by atoms with E-state index in [1.54, 1.807) is 24.3 Å². The molecule has 1 saturated heterocycles. The van der Waals surface area contributed by atoms with Crippen molar-refractivity contribution in [3.63, 3.8) is 0 Å². The lowest BCUT2D eigenvalue weighted by Gasteiger charge is -2.13. The molecule has 2 rings (SSSR count). The molecule has 1 aliphatic heterocycles. The number of barbiturate groups is 1. The van der Waals surface area contributed by atoms with Gasteiger partial charge in [0.05, 0.1) is 0 Å². The Labute approximate surface area is 118 Å². The zero-order chi connectivity index (χ0) is 15.4. The number of nitrogens with two attached hydrogens (primary N) is 1. The summed E-state index contributed by atoms with van der Waals surface area (Å²) in [5.41, 5.74) is 5.32. The first-order chi connectivity index (χ1) is 9.95. The number of hydrogen-bond donors (Lipinski definition) is 3. The second kappa shape index (κ2) is 5.87. The number of amides is 5. The molecule has 0 aliphatic carbocycles. The standard InChI is InChI=1S/C13H11N3O5/c14-10(17)6-21-8-3-1-7(2-4-8)5-9-11(18)15-13(20)16-12(9)19/h1-5H,6H2,(H2,14,17)(H2,15,16,18,19,20). The lowest BCUT2D eigenvalue weighted by Crippen LogP contribution is -2.51. The highest BCUT2D eigenvalue weighted by Gasteiger charge is 2.27. The lowest BCUT2D eigenvalue weighted by molar-refractivity contribution is -0.124. The molecule has 0 atom stereocenters. The third-order valence-electron chi connectivity index (χ3n) is 2.52. The Morgan fingerprint density at radius 1 is 1.10 bits per heavy atom. The summed E-state index contributed by atoms with van der Waals surface area (Å²) in [6, 6.07) is 5.43. The molecule has 108 valence electrons. The third kappa shape index (κ3) is 3.66. The van der Waals surface area contributed by atoms with Crippen LogP contribution >= 0.6 is 0 Å². The molecule has 1 heterocycles. The summed E-state index contributed by atoms with van der Waals surface area (Å²) in [6.07, 6.45) is 1.33. The molecule has 0 aromatic heterocycles. The van der Waals surface area contributed by atoms with Crippen molar-refractivity contribution < 1.29 is 23.9 Å². The summed E-state index contributed by atoms with van der Waals surface area (Å²) in [7, 11) is 0. The number of hydrogen-bond acceptors (Lipinski definition) is 5. The summed E-state index contributed by atoms with van der Waals surface area (Å²) >= 11 is 0. The second-order valence-corrected chi connectivity index (χ2v) is 4.12. The summed E-state index contributed by atoms with van der Waals surface area (Å²) in [4.78, 5) is 44.5. The fraction of sp³-hybridized carbons (Fsp3) is 0.0769. The Bertz CT molecular complexity index is 626. The highest BCUT2D eigenvalue weighted by molar-refractivity contribution is 6.31. The van der Waals surface area contributed by atoms with Crippen LogP contribution < -0.4 is 21.1 Å². The molecule has 21 heavy (non-hydrogen) atoms. The average molecular weight is 289 g/mol. The van der Waals surface area contributed by atoms with Gasteiger partial charge >= 0.3 is 6.03 Å². The number of primary amides is 1. The van der Waals surface area contributed by atoms with Gasteiger partial charge in [-0.3, -0.25) is 25.0 Å². The molecule has 0 radical (unpaired) electrons. The van der Waals surface area contributed by atoms with Gasteiger partial charge in [-0.2, -0.15) is 0 Å². The molecular formula is C13H11N3O5. The van der Waals surface area contributed by atoms with Gasteiger partial charge in [0.25, 0.3) is 17.7 Å². The first-order valence-corrected chi connectivity index (χ1v) is 5.85. The van der Waals surface area contributed by atoms with Gasteiger partial charge in [0.2, 0.25) is 0 Å². The molecule has 8 heteroatoms. The van der Waals surface area contributed by atoms with Crippen LogP contribution in [-0.4, -0.2) is 30.4 Å². The minimum atomic E-state index is -0.850. The van der Waals surface area contributed by atoms with E-state index in [2.05, 4.69) is 0 Å². The van der Waals surface area contributed by atoms with Crippen LogP contribution in [0.5, 0.6) is 5.75 Å². The van der Waals surface area contributed by atoms with Crippen molar-refractivity contribution in [1.29, 1.82) is 0 Å². The minimum absolute atomic E-state index is 0.180. The van der Waals surface area contributed by atoms with Crippen molar-refractivity contribution in [3.05, 3.63) is 35.4 Å². The highest BCUT2D eigenvalue weighted by Crippen LogP contribution is 2.15. The summed E-state index contributed by atoms with van der Waals surface area (Å²) in [5, 5.41) is 3.94. The van der Waals surface area contributed by atoms with Gasteiger partial charge in [-0.1, -0.05) is 12.1 Å². The number of benzene rings is 1. The van der Waals surface area contributed by atoms with Crippen LogP contribution in [-0.2, 0) is 14.4 Å². The van der Waals surface area contributed by atoms with Crippen LogP contribution in [0.1, 0.15) is 5.56 Å². The van der Waals surface area contributed by atoms with Crippen LogP contribution in [0, 0.1) is 0 Å². The Kier molecular flexibility index (Phi) is 3.98. The first kappa shape index (κ1) is 14.3. The largest absolute Gasteiger partial charge is 0.484 e. The third-order valence-corrected chi connectivity index (χ3v) is 2.52. The maximum Gasteiger partial charge on any atom is 0.328 e. The SMILES string of the molecule is NC(=O)COc1ccc(C=C2C(=O)NC(=O)NC2=O)cc1. The first-order valence-electron chi connectivity index (χ1n) is 5.85.